The first-order valence-electron chi connectivity index (χ1n) is 13.4. The Hall–Kier alpha value is -4.40. The molecule has 4 atom stereocenters. The number of amides is 1. The Morgan fingerprint density at radius 3 is 2.57 bits per heavy atom. The number of ketones is 2. The number of carbonyl (C=O) groups excluding carboxylic acids is 3. The van der Waals surface area contributed by atoms with Gasteiger partial charge in [0.15, 0.2) is 11.6 Å². The molecular formula is C33H25ClN2O5S. The van der Waals surface area contributed by atoms with E-state index in [2.05, 4.69) is 5.32 Å². The molecule has 42 heavy (non-hydrogen) atoms. The summed E-state index contributed by atoms with van der Waals surface area (Å²) in [5.74, 6) is -1.28. The Kier molecular flexibility index (Phi) is 6.22. The third kappa shape index (κ3) is 3.61. The first-order chi connectivity index (χ1) is 20.4. The molecule has 9 heteroatoms. The molecule has 0 unspecified atom stereocenters. The number of Topliss-reactive ketones (excluding diaryl/α,β-unsaturated/α-hetero) is 2. The number of methoxy groups -OCH3 is 2. The number of para-hydroxylation sites is 1. The molecule has 1 aromatic heterocycles. The van der Waals surface area contributed by atoms with Crippen molar-refractivity contribution in [3.63, 3.8) is 0 Å². The predicted octanol–water partition coefficient (Wildman–Crippen LogP) is 6.27. The molecule has 0 bridgehead atoms. The van der Waals surface area contributed by atoms with Crippen LogP contribution in [0.4, 0.5) is 11.4 Å². The summed E-state index contributed by atoms with van der Waals surface area (Å²) >= 11 is 7.68. The van der Waals surface area contributed by atoms with Crippen LogP contribution in [0.3, 0.4) is 0 Å². The van der Waals surface area contributed by atoms with Gasteiger partial charge in [-0.2, -0.15) is 0 Å². The van der Waals surface area contributed by atoms with E-state index in [1.54, 1.807) is 30.3 Å². The van der Waals surface area contributed by atoms with Gasteiger partial charge in [-0.3, -0.25) is 14.4 Å². The van der Waals surface area contributed by atoms with Crippen LogP contribution in [0.1, 0.15) is 31.2 Å². The van der Waals surface area contributed by atoms with Crippen LogP contribution in [0, 0.1) is 5.92 Å². The van der Waals surface area contributed by atoms with Crippen LogP contribution in [0.15, 0.2) is 84.3 Å². The number of nitrogens with zero attached hydrogens (tertiary/aromatic N) is 1. The first-order valence-corrected chi connectivity index (χ1v) is 14.7. The van der Waals surface area contributed by atoms with Gasteiger partial charge in [0.05, 0.1) is 36.6 Å². The van der Waals surface area contributed by atoms with Gasteiger partial charge >= 0.3 is 0 Å². The molecular weight excluding hydrogens is 572 g/mol. The molecule has 210 valence electrons. The third-order valence-electron chi connectivity index (χ3n) is 8.58. The van der Waals surface area contributed by atoms with Crippen molar-refractivity contribution in [1.29, 1.82) is 0 Å². The smallest absolute Gasteiger partial charge is 0.238 e. The zero-order valence-corrected chi connectivity index (χ0v) is 24.2. The molecule has 1 saturated heterocycles. The van der Waals surface area contributed by atoms with E-state index in [4.69, 9.17) is 21.1 Å². The average molecular weight is 597 g/mol. The minimum atomic E-state index is -1.42. The van der Waals surface area contributed by atoms with Gasteiger partial charge in [-0.25, -0.2) is 0 Å². The number of rotatable bonds is 6. The van der Waals surface area contributed by atoms with E-state index in [1.165, 1.54) is 25.6 Å². The van der Waals surface area contributed by atoms with Crippen LogP contribution < -0.4 is 19.7 Å². The van der Waals surface area contributed by atoms with Crippen molar-refractivity contribution in [3.05, 3.63) is 111 Å². The van der Waals surface area contributed by atoms with Crippen molar-refractivity contribution >= 4 is 57.9 Å². The molecule has 4 aromatic rings. The van der Waals surface area contributed by atoms with Crippen molar-refractivity contribution in [2.75, 3.05) is 24.4 Å². The molecule has 1 spiro atoms. The van der Waals surface area contributed by atoms with Gasteiger partial charge in [-0.05, 0) is 65.0 Å². The lowest BCUT2D eigenvalue weighted by Gasteiger charge is -2.37. The molecule has 7 rings (SSSR count). The Balaban J connectivity index is 1.55. The van der Waals surface area contributed by atoms with Crippen molar-refractivity contribution in [2.45, 2.75) is 17.5 Å². The predicted molar refractivity (Wildman–Crippen MR) is 163 cm³/mol. The number of fused-ring (bicyclic) bond motifs is 6. The van der Waals surface area contributed by atoms with E-state index >= 15 is 4.79 Å². The number of anilines is 2. The van der Waals surface area contributed by atoms with Crippen molar-refractivity contribution in [3.8, 4) is 11.5 Å². The van der Waals surface area contributed by atoms with Gasteiger partial charge in [0.1, 0.15) is 23.0 Å². The number of hydrogen-bond acceptors (Lipinski definition) is 7. The Morgan fingerprint density at radius 2 is 1.81 bits per heavy atom. The van der Waals surface area contributed by atoms with Gasteiger partial charge in [-0.1, -0.05) is 48.0 Å². The maximum Gasteiger partial charge on any atom is 0.238 e. The maximum atomic E-state index is 15.1. The number of thiophene rings is 1. The van der Waals surface area contributed by atoms with E-state index < -0.39 is 23.4 Å². The van der Waals surface area contributed by atoms with Crippen LogP contribution in [0.5, 0.6) is 11.5 Å². The van der Waals surface area contributed by atoms with E-state index in [-0.39, 0.29) is 23.0 Å². The highest BCUT2D eigenvalue weighted by molar-refractivity contribution is 7.12. The highest BCUT2D eigenvalue weighted by Crippen LogP contribution is 2.58. The fourth-order valence-electron chi connectivity index (χ4n) is 6.89. The molecule has 3 aromatic carbocycles. The molecule has 3 aliphatic heterocycles. The molecule has 0 radical (unpaired) electrons. The zero-order chi connectivity index (χ0) is 29.2. The van der Waals surface area contributed by atoms with Crippen LogP contribution in [0.2, 0.25) is 5.02 Å². The van der Waals surface area contributed by atoms with Crippen molar-refractivity contribution < 1.29 is 23.9 Å². The normalized spacial score (nSPS) is 23.3. The fourth-order valence-corrected chi connectivity index (χ4v) is 7.77. The summed E-state index contributed by atoms with van der Waals surface area (Å²) in [6.45, 7) is 0. The fraction of sp³-hybridized carbons (Fsp3) is 0.182. The lowest BCUT2D eigenvalue weighted by Crippen LogP contribution is -2.51. The number of ether oxygens (including phenoxy) is 2. The monoisotopic (exact) mass is 596 g/mol. The molecule has 0 saturated carbocycles. The van der Waals surface area contributed by atoms with Gasteiger partial charge in [0.2, 0.25) is 5.91 Å². The summed E-state index contributed by atoms with van der Waals surface area (Å²) in [5, 5.41) is 5.42. The zero-order valence-electron chi connectivity index (χ0n) is 22.7. The third-order valence-corrected chi connectivity index (χ3v) is 9.70. The van der Waals surface area contributed by atoms with Crippen molar-refractivity contribution in [2.24, 2.45) is 5.92 Å². The number of halogens is 1. The topological polar surface area (TPSA) is 84.9 Å². The molecule has 1 amide bonds. The number of hydrogen-bond donors (Lipinski definition) is 1. The van der Waals surface area contributed by atoms with Gasteiger partial charge in [-0.15, -0.1) is 11.3 Å². The quantitative estimate of drug-likeness (QED) is 0.264. The highest BCUT2D eigenvalue weighted by Gasteiger charge is 2.70. The van der Waals surface area contributed by atoms with Gasteiger partial charge < -0.3 is 19.7 Å². The van der Waals surface area contributed by atoms with E-state index in [0.29, 0.717) is 32.6 Å². The Morgan fingerprint density at radius 1 is 0.976 bits per heavy atom. The lowest BCUT2D eigenvalue weighted by atomic mass is 9.64. The first kappa shape index (κ1) is 26.5. The Labute approximate surface area is 251 Å². The molecule has 0 aliphatic carbocycles. The molecule has 3 aliphatic rings. The molecule has 1 N–H and O–H groups in total. The Bertz CT molecular complexity index is 1800. The van der Waals surface area contributed by atoms with E-state index in [1.807, 2.05) is 64.9 Å². The van der Waals surface area contributed by atoms with Crippen molar-refractivity contribution in [1.82, 2.24) is 0 Å². The van der Waals surface area contributed by atoms with E-state index in [9.17, 15) is 9.59 Å². The standard InChI is InChI=1S/C33H25ClN2O5S/c1-40-20-11-13-25(41-2)21(17-20)30(37)28-29(31(38)26-8-5-15-42-26)36-24-12-10-19(34)16-18(24)9-14-27(36)33(28)22-6-3-4-7-23(22)35-32(33)39/h3-17,27-29H,1-2H3,(H,35,39)/t27-,28+,29-,33+/m1/s1. The molecule has 7 nitrogen and oxygen atoms in total. The molecule has 4 heterocycles. The summed E-state index contributed by atoms with van der Waals surface area (Å²) in [6, 6.07) is 19.7. The van der Waals surface area contributed by atoms with Crippen LogP contribution in [-0.4, -0.2) is 43.8 Å². The highest BCUT2D eigenvalue weighted by atomic mass is 35.5. The second kappa shape index (κ2) is 9.86. The van der Waals surface area contributed by atoms with Gasteiger partial charge in [0.25, 0.3) is 0 Å². The SMILES string of the molecule is COc1ccc(OC)c(C(=O)[C@@H]2[C@H](C(=O)c3cccs3)N3c4ccc(Cl)cc4C=C[C@@H]3[C@]23C(=O)Nc2ccccc23)c1. The molecule has 1 fully saturated rings. The minimum absolute atomic E-state index is 0.236. The second-order valence-electron chi connectivity index (χ2n) is 10.5. The van der Waals surface area contributed by atoms with Crippen LogP contribution in [0.25, 0.3) is 6.08 Å². The van der Waals surface area contributed by atoms with Crippen LogP contribution >= 0.6 is 22.9 Å². The van der Waals surface area contributed by atoms with Gasteiger partial charge in [0, 0.05) is 16.4 Å². The summed E-state index contributed by atoms with van der Waals surface area (Å²) in [6.07, 6.45) is 3.84. The number of benzene rings is 3. The maximum absolute atomic E-state index is 15.1. The van der Waals surface area contributed by atoms with E-state index in [0.717, 1.165) is 11.3 Å². The lowest BCUT2D eigenvalue weighted by molar-refractivity contribution is -0.121. The average Bonchev–Trinajstić information content (AvgIpc) is 3.73. The van der Waals surface area contributed by atoms with Crippen LogP contribution in [-0.2, 0) is 10.2 Å². The summed E-state index contributed by atoms with van der Waals surface area (Å²) in [7, 11) is 3.00. The number of nitrogens with one attached hydrogen (secondary N) is 1. The minimum Gasteiger partial charge on any atom is -0.497 e. The number of carbonyl (C=O) groups is 3. The second-order valence-corrected chi connectivity index (χ2v) is 11.9. The summed E-state index contributed by atoms with van der Waals surface area (Å²) in [4.78, 5) is 46.6. The summed E-state index contributed by atoms with van der Waals surface area (Å²) < 4.78 is 11.1. The summed E-state index contributed by atoms with van der Waals surface area (Å²) in [5.41, 5.74) is 1.64. The largest absolute Gasteiger partial charge is 0.497 e.